The summed E-state index contributed by atoms with van der Waals surface area (Å²) >= 11 is 0. The van der Waals surface area contributed by atoms with E-state index in [1.165, 1.54) is 0 Å². The number of piperazine rings is 1. The van der Waals surface area contributed by atoms with Gasteiger partial charge in [-0.25, -0.2) is 0 Å². The highest BCUT2D eigenvalue weighted by Crippen LogP contribution is 2.26. The number of nitrogens with zero attached hydrogens (tertiary/aromatic N) is 2. The van der Waals surface area contributed by atoms with Crippen LogP contribution in [0.4, 0.5) is 0 Å². The molecule has 0 saturated carbocycles. The molecule has 3 aromatic rings. The lowest BCUT2D eigenvalue weighted by molar-refractivity contribution is -0.0721. The maximum Gasteiger partial charge on any atom is 0.132 e. The van der Waals surface area contributed by atoms with E-state index in [2.05, 4.69) is 34.6 Å². The average molecular weight is 427 g/mol. The number of para-hydroxylation sites is 2. The highest BCUT2D eigenvalue weighted by atomic mass is 16.5. The van der Waals surface area contributed by atoms with Crippen molar-refractivity contribution in [1.29, 1.82) is 0 Å². The smallest absolute Gasteiger partial charge is 0.132 e. The maximum absolute atomic E-state index is 6.22. The highest BCUT2D eigenvalue weighted by Gasteiger charge is 2.21. The highest BCUT2D eigenvalue weighted by molar-refractivity contribution is 5.37. The van der Waals surface area contributed by atoms with Gasteiger partial charge in [-0.3, -0.25) is 9.80 Å². The van der Waals surface area contributed by atoms with E-state index in [9.17, 15) is 0 Å². The van der Waals surface area contributed by atoms with Crippen LogP contribution in [0.2, 0.25) is 0 Å². The van der Waals surface area contributed by atoms with Gasteiger partial charge >= 0.3 is 0 Å². The summed E-state index contributed by atoms with van der Waals surface area (Å²) in [7, 11) is 0. The number of rotatable bonds is 7. The van der Waals surface area contributed by atoms with Crippen LogP contribution in [0.1, 0.15) is 18.1 Å². The second-order valence-electron chi connectivity index (χ2n) is 7.91. The Morgan fingerprint density at radius 1 is 0.812 bits per heavy atom. The second-order valence-corrected chi connectivity index (χ2v) is 7.91. The summed E-state index contributed by atoms with van der Waals surface area (Å²) < 4.78 is 12.3. The summed E-state index contributed by atoms with van der Waals surface area (Å²) in [5, 5.41) is 0. The van der Waals surface area contributed by atoms with Gasteiger partial charge in [-0.2, -0.15) is 0 Å². The minimum Gasteiger partial charge on any atom is -0.457 e. The third kappa shape index (κ3) is 6.45. The van der Waals surface area contributed by atoms with Gasteiger partial charge in [0.1, 0.15) is 17.7 Å². The number of benzene rings is 3. The van der Waals surface area contributed by atoms with Crippen molar-refractivity contribution in [3.05, 3.63) is 96.1 Å². The zero-order valence-electron chi connectivity index (χ0n) is 18.6. The lowest BCUT2D eigenvalue weighted by Gasteiger charge is -2.37. The third-order valence-electron chi connectivity index (χ3n) is 5.65. The summed E-state index contributed by atoms with van der Waals surface area (Å²) in [4.78, 5) is 4.80. The van der Waals surface area contributed by atoms with Gasteiger partial charge in [0.25, 0.3) is 0 Å². The lowest BCUT2D eigenvalue weighted by Crippen LogP contribution is -2.50. The lowest BCUT2D eigenvalue weighted by atomic mass is 10.2. The Morgan fingerprint density at radius 3 is 2.22 bits per heavy atom. The van der Waals surface area contributed by atoms with E-state index < -0.39 is 0 Å². The van der Waals surface area contributed by atoms with E-state index >= 15 is 0 Å². The molecule has 0 aromatic heterocycles. The van der Waals surface area contributed by atoms with Gasteiger partial charge in [0, 0.05) is 37.3 Å². The molecule has 0 amide bonds. The molecule has 4 heteroatoms. The van der Waals surface area contributed by atoms with E-state index in [1.807, 2.05) is 78.9 Å². The summed E-state index contributed by atoms with van der Waals surface area (Å²) in [6, 6.07) is 28.1. The molecule has 164 valence electrons. The molecule has 1 heterocycles. The first-order valence-corrected chi connectivity index (χ1v) is 11.2. The zero-order chi connectivity index (χ0) is 22.0. The molecule has 1 saturated heterocycles. The molecule has 0 radical (unpaired) electrons. The van der Waals surface area contributed by atoms with E-state index in [-0.39, 0.29) is 6.23 Å². The molecule has 3 aromatic carbocycles. The monoisotopic (exact) mass is 426 g/mol. The zero-order valence-corrected chi connectivity index (χ0v) is 18.6. The van der Waals surface area contributed by atoms with Crippen LogP contribution < -0.4 is 4.74 Å². The summed E-state index contributed by atoms with van der Waals surface area (Å²) in [5.41, 5.74) is 2.13. The fourth-order valence-corrected chi connectivity index (χ4v) is 3.71. The molecule has 0 bridgehead atoms. The van der Waals surface area contributed by atoms with Crippen LogP contribution in [0, 0.1) is 11.8 Å². The maximum atomic E-state index is 6.22. The van der Waals surface area contributed by atoms with Crippen molar-refractivity contribution < 1.29 is 9.47 Å². The van der Waals surface area contributed by atoms with Crippen molar-refractivity contribution in [2.45, 2.75) is 19.8 Å². The van der Waals surface area contributed by atoms with Crippen LogP contribution >= 0.6 is 0 Å². The molecule has 1 aliphatic heterocycles. The first-order valence-electron chi connectivity index (χ1n) is 11.2. The molecule has 0 N–H and O–H groups in total. The SMILES string of the molecule is CC(OCc1ccccc1Oc1ccccc1)N1CCN(CC#Cc2ccccc2)CC1. The van der Waals surface area contributed by atoms with Gasteiger partial charge in [-0.15, -0.1) is 0 Å². The molecule has 4 nitrogen and oxygen atoms in total. The molecule has 0 spiro atoms. The summed E-state index contributed by atoms with van der Waals surface area (Å²) in [5.74, 6) is 8.22. The van der Waals surface area contributed by atoms with Crippen LogP contribution in [0.15, 0.2) is 84.9 Å². The van der Waals surface area contributed by atoms with Crippen LogP contribution in [-0.4, -0.2) is 48.8 Å². The summed E-state index contributed by atoms with van der Waals surface area (Å²) in [6.07, 6.45) is 0.0531. The Bertz CT molecular complexity index is 1020. The first-order chi connectivity index (χ1) is 15.8. The average Bonchev–Trinajstić information content (AvgIpc) is 2.85. The van der Waals surface area contributed by atoms with Gasteiger partial charge < -0.3 is 9.47 Å². The second kappa shape index (κ2) is 11.5. The molecule has 32 heavy (non-hydrogen) atoms. The van der Waals surface area contributed by atoms with Crippen molar-refractivity contribution >= 4 is 0 Å². The number of hydrogen-bond acceptors (Lipinski definition) is 4. The first kappa shape index (κ1) is 22.1. The minimum absolute atomic E-state index is 0.0531. The predicted molar refractivity (Wildman–Crippen MR) is 129 cm³/mol. The minimum atomic E-state index is 0.0531. The normalized spacial score (nSPS) is 15.5. The molecule has 0 aliphatic carbocycles. The Morgan fingerprint density at radius 2 is 1.47 bits per heavy atom. The van der Waals surface area contributed by atoms with Crippen LogP contribution in [0.25, 0.3) is 0 Å². The quantitative estimate of drug-likeness (QED) is 0.496. The fraction of sp³-hybridized carbons (Fsp3) is 0.286. The molecular formula is C28H30N2O2. The fourth-order valence-electron chi connectivity index (χ4n) is 3.71. The molecule has 1 unspecified atom stereocenters. The van der Waals surface area contributed by atoms with Gasteiger partial charge in [0.15, 0.2) is 0 Å². The predicted octanol–water partition coefficient (Wildman–Crippen LogP) is 5.01. The van der Waals surface area contributed by atoms with Gasteiger partial charge in [0.05, 0.1) is 13.2 Å². The number of ether oxygens (including phenoxy) is 2. The molecule has 4 rings (SSSR count). The van der Waals surface area contributed by atoms with Gasteiger partial charge in [-0.1, -0.05) is 66.4 Å². The van der Waals surface area contributed by atoms with Crippen molar-refractivity contribution in [1.82, 2.24) is 9.80 Å². The Kier molecular flexibility index (Phi) is 7.94. The number of hydrogen-bond donors (Lipinski definition) is 0. The Hall–Kier alpha value is -3.10. The van der Waals surface area contributed by atoms with Crippen LogP contribution in [0.5, 0.6) is 11.5 Å². The van der Waals surface area contributed by atoms with Gasteiger partial charge in [0.2, 0.25) is 0 Å². The molecular weight excluding hydrogens is 396 g/mol. The van der Waals surface area contributed by atoms with Crippen molar-refractivity contribution in [3.8, 4) is 23.3 Å². The van der Waals surface area contributed by atoms with Crippen LogP contribution in [0.3, 0.4) is 0 Å². The van der Waals surface area contributed by atoms with E-state index in [1.54, 1.807) is 0 Å². The molecule has 1 atom stereocenters. The Balaban J connectivity index is 1.24. The Labute approximate surface area is 191 Å². The molecule has 1 fully saturated rings. The van der Waals surface area contributed by atoms with Crippen LogP contribution in [-0.2, 0) is 11.3 Å². The van der Waals surface area contributed by atoms with E-state index in [0.29, 0.717) is 6.61 Å². The van der Waals surface area contributed by atoms with Crippen molar-refractivity contribution in [2.75, 3.05) is 32.7 Å². The van der Waals surface area contributed by atoms with Gasteiger partial charge in [-0.05, 0) is 37.3 Å². The van der Waals surface area contributed by atoms with E-state index in [0.717, 1.165) is 55.3 Å². The topological polar surface area (TPSA) is 24.9 Å². The standard InChI is InChI=1S/C28H30N2O2/c1-24(30-21-19-29(20-22-30)18-10-13-25-11-4-2-5-12-25)31-23-26-14-8-9-17-28(26)32-27-15-6-3-7-16-27/h2-9,11-12,14-17,24H,18-23H2,1H3. The van der Waals surface area contributed by atoms with Crippen molar-refractivity contribution in [2.24, 2.45) is 0 Å². The molecule has 1 aliphatic rings. The van der Waals surface area contributed by atoms with E-state index in [4.69, 9.17) is 9.47 Å². The largest absolute Gasteiger partial charge is 0.457 e. The third-order valence-corrected chi connectivity index (χ3v) is 5.65. The summed E-state index contributed by atoms with van der Waals surface area (Å²) in [6.45, 7) is 7.43. The van der Waals surface area contributed by atoms with Crippen molar-refractivity contribution in [3.63, 3.8) is 0 Å².